The van der Waals surface area contributed by atoms with E-state index in [4.69, 9.17) is 0 Å². The van der Waals surface area contributed by atoms with Gasteiger partial charge in [-0.25, -0.2) is 4.79 Å². The van der Waals surface area contributed by atoms with Crippen molar-refractivity contribution in [3.05, 3.63) is 83.0 Å². The highest BCUT2D eigenvalue weighted by molar-refractivity contribution is 5.37. The van der Waals surface area contributed by atoms with Crippen LogP contribution in [0.4, 0.5) is 0 Å². The Morgan fingerprint density at radius 2 is 1.40 bits per heavy atom. The van der Waals surface area contributed by atoms with Gasteiger partial charge < -0.3 is 0 Å². The minimum atomic E-state index is -0.0285. The molecule has 1 heterocycles. The lowest BCUT2D eigenvalue weighted by atomic mass is 10.3. The predicted molar refractivity (Wildman–Crippen MR) is 80.7 cm³/mol. The summed E-state index contributed by atoms with van der Waals surface area (Å²) in [5, 5.41) is 0. The minimum absolute atomic E-state index is 0.0285. The van der Waals surface area contributed by atoms with Crippen LogP contribution in [-0.2, 0) is 6.42 Å². The summed E-state index contributed by atoms with van der Waals surface area (Å²) < 4.78 is 3.47. The predicted octanol–water partition coefficient (Wildman–Crippen LogP) is 3.19. The van der Waals surface area contributed by atoms with E-state index in [1.165, 1.54) is 0 Å². The number of hydrogen-bond donors (Lipinski definition) is 0. The first-order chi connectivity index (χ1) is 9.81. The molecule has 3 aromatic rings. The highest BCUT2D eigenvalue weighted by Gasteiger charge is 2.12. The van der Waals surface area contributed by atoms with Crippen molar-refractivity contribution in [1.82, 2.24) is 9.13 Å². The fourth-order valence-electron chi connectivity index (χ4n) is 2.37. The summed E-state index contributed by atoms with van der Waals surface area (Å²) >= 11 is 0. The molecule has 0 atom stereocenters. The van der Waals surface area contributed by atoms with Crippen molar-refractivity contribution in [1.29, 1.82) is 0 Å². The Morgan fingerprint density at radius 3 is 1.95 bits per heavy atom. The molecular weight excluding hydrogens is 248 g/mol. The van der Waals surface area contributed by atoms with Gasteiger partial charge in [0.15, 0.2) is 0 Å². The van der Waals surface area contributed by atoms with Crippen LogP contribution in [-0.4, -0.2) is 9.13 Å². The largest absolute Gasteiger partial charge is 0.337 e. The lowest BCUT2D eigenvalue weighted by Crippen LogP contribution is -2.22. The van der Waals surface area contributed by atoms with Gasteiger partial charge in [0.05, 0.1) is 11.4 Å². The van der Waals surface area contributed by atoms with Crippen molar-refractivity contribution in [3.63, 3.8) is 0 Å². The molecule has 0 aliphatic rings. The van der Waals surface area contributed by atoms with Crippen LogP contribution in [0.5, 0.6) is 0 Å². The van der Waals surface area contributed by atoms with E-state index in [9.17, 15) is 4.79 Å². The van der Waals surface area contributed by atoms with Crippen molar-refractivity contribution in [2.75, 3.05) is 0 Å². The summed E-state index contributed by atoms with van der Waals surface area (Å²) in [6, 6.07) is 19.5. The van der Waals surface area contributed by atoms with Crippen LogP contribution in [0, 0.1) is 0 Å². The Kier molecular flexibility index (Phi) is 3.25. The fourth-order valence-corrected chi connectivity index (χ4v) is 2.37. The number of hydrogen-bond acceptors (Lipinski definition) is 1. The van der Waals surface area contributed by atoms with Gasteiger partial charge in [-0.15, -0.1) is 0 Å². The number of rotatable bonds is 3. The van der Waals surface area contributed by atoms with E-state index in [-0.39, 0.29) is 5.69 Å². The van der Waals surface area contributed by atoms with Crippen LogP contribution < -0.4 is 5.69 Å². The molecule has 0 fully saturated rings. The molecule has 3 rings (SSSR count). The molecule has 0 N–H and O–H groups in total. The number of aromatic nitrogens is 2. The van der Waals surface area contributed by atoms with E-state index >= 15 is 0 Å². The third-order valence-electron chi connectivity index (χ3n) is 3.37. The maximum Gasteiger partial charge on any atom is 0.337 e. The van der Waals surface area contributed by atoms with E-state index in [1.54, 1.807) is 9.13 Å². The minimum Gasteiger partial charge on any atom is -0.267 e. The van der Waals surface area contributed by atoms with E-state index in [0.29, 0.717) is 0 Å². The van der Waals surface area contributed by atoms with Crippen molar-refractivity contribution < 1.29 is 0 Å². The highest BCUT2D eigenvalue weighted by atomic mass is 16.1. The number of imidazole rings is 1. The molecule has 0 aliphatic carbocycles. The third-order valence-corrected chi connectivity index (χ3v) is 3.37. The Balaban J connectivity index is 2.22. The Bertz CT molecular complexity index is 755. The maximum atomic E-state index is 12.7. The molecule has 1 aromatic heterocycles. The molecule has 0 saturated heterocycles. The van der Waals surface area contributed by atoms with E-state index in [0.717, 1.165) is 23.5 Å². The molecule has 0 amide bonds. The topological polar surface area (TPSA) is 26.9 Å². The highest BCUT2D eigenvalue weighted by Crippen LogP contribution is 2.12. The normalized spacial score (nSPS) is 10.7. The van der Waals surface area contributed by atoms with Crippen molar-refractivity contribution >= 4 is 0 Å². The zero-order valence-corrected chi connectivity index (χ0v) is 11.4. The van der Waals surface area contributed by atoms with Gasteiger partial charge in [-0.3, -0.25) is 9.13 Å². The average molecular weight is 264 g/mol. The monoisotopic (exact) mass is 264 g/mol. The van der Waals surface area contributed by atoms with Crippen molar-refractivity contribution in [2.24, 2.45) is 0 Å². The standard InChI is InChI=1S/C17H16N2O/c1-2-14-13-18(15-9-5-3-6-10-15)17(20)19(14)16-11-7-4-8-12-16/h3-13H,2H2,1H3. The maximum absolute atomic E-state index is 12.7. The first-order valence-electron chi connectivity index (χ1n) is 6.75. The van der Waals surface area contributed by atoms with Gasteiger partial charge in [0, 0.05) is 11.9 Å². The molecule has 0 radical (unpaired) electrons. The van der Waals surface area contributed by atoms with Crippen LogP contribution in [0.15, 0.2) is 71.7 Å². The lowest BCUT2D eigenvalue weighted by molar-refractivity contribution is 0.872. The number of aryl methyl sites for hydroxylation is 1. The van der Waals surface area contributed by atoms with E-state index in [1.807, 2.05) is 66.9 Å². The molecule has 0 spiro atoms. The molecular formula is C17H16N2O. The van der Waals surface area contributed by atoms with Crippen LogP contribution in [0.2, 0.25) is 0 Å². The van der Waals surface area contributed by atoms with Crippen molar-refractivity contribution in [3.8, 4) is 11.4 Å². The number of benzene rings is 2. The summed E-state index contributed by atoms with van der Waals surface area (Å²) in [6.45, 7) is 2.06. The first kappa shape index (κ1) is 12.5. The SMILES string of the molecule is CCc1cn(-c2ccccc2)c(=O)n1-c1ccccc1. The molecule has 0 saturated carbocycles. The molecule has 3 nitrogen and oxygen atoms in total. The zero-order valence-electron chi connectivity index (χ0n) is 11.4. The summed E-state index contributed by atoms with van der Waals surface area (Å²) in [6.07, 6.45) is 2.73. The zero-order chi connectivity index (χ0) is 13.9. The number of nitrogens with zero attached hydrogens (tertiary/aromatic N) is 2. The Hall–Kier alpha value is -2.55. The van der Waals surface area contributed by atoms with E-state index in [2.05, 4.69) is 6.92 Å². The Labute approximate surface area is 117 Å². The second-order valence-electron chi connectivity index (χ2n) is 4.63. The van der Waals surface area contributed by atoms with E-state index < -0.39 is 0 Å². The van der Waals surface area contributed by atoms with Crippen molar-refractivity contribution in [2.45, 2.75) is 13.3 Å². The van der Waals surface area contributed by atoms with Gasteiger partial charge in [-0.2, -0.15) is 0 Å². The average Bonchev–Trinajstić information content (AvgIpc) is 2.86. The summed E-state index contributed by atoms with van der Waals surface area (Å²) in [5.41, 5.74) is 2.77. The quantitative estimate of drug-likeness (QED) is 0.713. The van der Waals surface area contributed by atoms with Crippen LogP contribution in [0.25, 0.3) is 11.4 Å². The number of para-hydroxylation sites is 2. The lowest BCUT2D eigenvalue weighted by Gasteiger charge is -2.04. The van der Waals surface area contributed by atoms with Gasteiger partial charge in [-0.1, -0.05) is 43.3 Å². The molecule has 3 heteroatoms. The molecule has 20 heavy (non-hydrogen) atoms. The second-order valence-corrected chi connectivity index (χ2v) is 4.63. The molecule has 0 bridgehead atoms. The smallest absolute Gasteiger partial charge is 0.267 e. The van der Waals surface area contributed by atoms with Gasteiger partial charge in [0.1, 0.15) is 0 Å². The molecule has 0 unspecified atom stereocenters. The summed E-state index contributed by atoms with van der Waals surface area (Å²) in [5.74, 6) is 0. The van der Waals surface area contributed by atoms with Crippen LogP contribution in [0.3, 0.4) is 0 Å². The summed E-state index contributed by atoms with van der Waals surface area (Å²) in [4.78, 5) is 12.7. The van der Waals surface area contributed by atoms with Gasteiger partial charge in [0.2, 0.25) is 0 Å². The van der Waals surface area contributed by atoms with Gasteiger partial charge in [-0.05, 0) is 30.7 Å². The Morgan fingerprint density at radius 1 is 0.850 bits per heavy atom. The molecule has 0 aliphatic heterocycles. The van der Waals surface area contributed by atoms with Crippen LogP contribution in [0.1, 0.15) is 12.6 Å². The molecule has 2 aromatic carbocycles. The van der Waals surface area contributed by atoms with Gasteiger partial charge in [0.25, 0.3) is 0 Å². The summed E-state index contributed by atoms with van der Waals surface area (Å²) in [7, 11) is 0. The second kappa shape index (κ2) is 5.21. The van der Waals surface area contributed by atoms with Crippen LogP contribution >= 0.6 is 0 Å². The first-order valence-corrected chi connectivity index (χ1v) is 6.75. The third kappa shape index (κ3) is 2.07. The van der Waals surface area contributed by atoms with Gasteiger partial charge >= 0.3 is 5.69 Å². The molecule has 100 valence electrons. The fraction of sp³-hybridized carbons (Fsp3) is 0.118.